The van der Waals surface area contributed by atoms with Gasteiger partial charge < -0.3 is 28.5 Å². The van der Waals surface area contributed by atoms with Gasteiger partial charge >= 0.3 is 6.18 Å². The van der Waals surface area contributed by atoms with Gasteiger partial charge in [-0.25, -0.2) is 8.78 Å². The van der Waals surface area contributed by atoms with Crippen molar-refractivity contribution in [3.63, 3.8) is 0 Å². The maximum absolute atomic E-state index is 15.9. The lowest BCUT2D eigenvalue weighted by molar-refractivity contribution is -0.216. The summed E-state index contributed by atoms with van der Waals surface area (Å²) in [4.78, 5) is 13.9. The number of fused-ring (bicyclic) bond motifs is 3. The topological polar surface area (TPSA) is 73.2 Å². The monoisotopic (exact) mass is 688 g/mol. The number of amides is 1. The standard InChI is InChI=1S/C35H37F5N2O5Si/c1-33(2,3)48(25-10-6-4-7-11-25,26-12-8-5-9-13-26)46-20-24-19-45-29(21-44-24)34(36,37)22-42-17-16-41-32(43)31-30(42)27-18-23(35(38,39)40)14-15-28(27)47-31/h4-15,18,24,29H,16-17,19-22H2,1-3H3,(H,41,43). The molecule has 1 saturated heterocycles. The van der Waals surface area contributed by atoms with Crippen LogP contribution in [0.2, 0.25) is 5.04 Å². The van der Waals surface area contributed by atoms with Crippen LogP contribution in [0.15, 0.2) is 83.3 Å². The lowest BCUT2D eigenvalue weighted by atomic mass is 10.1. The first kappa shape index (κ1) is 34.1. The molecule has 3 heterocycles. The van der Waals surface area contributed by atoms with Crippen LogP contribution in [-0.4, -0.2) is 71.8 Å². The summed E-state index contributed by atoms with van der Waals surface area (Å²) in [6.07, 6.45) is -6.92. The number of carbonyl (C=O) groups excluding carboxylic acids is 1. The highest BCUT2D eigenvalue weighted by atomic mass is 28.4. The van der Waals surface area contributed by atoms with Crippen molar-refractivity contribution in [3.05, 3.63) is 90.2 Å². The molecule has 48 heavy (non-hydrogen) atoms. The van der Waals surface area contributed by atoms with E-state index in [0.29, 0.717) is 0 Å². The Hall–Kier alpha value is -3.78. The molecule has 4 aromatic rings. The third-order valence-electron chi connectivity index (χ3n) is 8.92. The van der Waals surface area contributed by atoms with Gasteiger partial charge in [0.1, 0.15) is 17.8 Å². The van der Waals surface area contributed by atoms with Crippen molar-refractivity contribution < 1.29 is 45.1 Å². The maximum Gasteiger partial charge on any atom is 0.416 e. The van der Waals surface area contributed by atoms with Crippen LogP contribution in [0.3, 0.4) is 0 Å². The van der Waals surface area contributed by atoms with Gasteiger partial charge in [-0.2, -0.15) is 13.2 Å². The molecule has 0 aliphatic carbocycles. The van der Waals surface area contributed by atoms with Crippen molar-refractivity contribution >= 4 is 41.3 Å². The number of carbonyl (C=O) groups is 1. The smallest absolute Gasteiger partial charge is 0.416 e. The van der Waals surface area contributed by atoms with Gasteiger partial charge in [0, 0.05) is 18.5 Å². The predicted octanol–water partition coefficient (Wildman–Crippen LogP) is 6.00. The number of alkyl halides is 5. The second-order valence-corrected chi connectivity index (χ2v) is 17.5. The van der Waals surface area contributed by atoms with Gasteiger partial charge in [-0.15, -0.1) is 0 Å². The van der Waals surface area contributed by atoms with Gasteiger partial charge in [0.05, 0.1) is 37.6 Å². The zero-order valence-corrected chi connectivity index (χ0v) is 27.8. The van der Waals surface area contributed by atoms with Crippen molar-refractivity contribution in [2.24, 2.45) is 0 Å². The molecule has 7 nitrogen and oxygen atoms in total. The first-order chi connectivity index (χ1) is 22.7. The summed E-state index contributed by atoms with van der Waals surface area (Å²) in [5, 5.41) is 4.34. The molecule has 1 aromatic heterocycles. The minimum atomic E-state index is -4.68. The Bertz CT molecular complexity index is 1700. The number of anilines is 1. The highest BCUT2D eigenvalue weighted by Crippen LogP contribution is 2.41. The summed E-state index contributed by atoms with van der Waals surface area (Å²) in [6.45, 7) is 4.94. The Morgan fingerprint density at radius 2 is 1.54 bits per heavy atom. The molecule has 2 aliphatic heterocycles. The van der Waals surface area contributed by atoms with Crippen LogP contribution < -0.4 is 20.6 Å². The van der Waals surface area contributed by atoms with Crippen molar-refractivity contribution in [3.8, 4) is 0 Å². The fraction of sp³-hybridized carbons (Fsp3) is 0.400. The Labute approximate surface area is 276 Å². The Morgan fingerprint density at radius 3 is 2.10 bits per heavy atom. The number of rotatable bonds is 8. The molecule has 2 atom stereocenters. The Kier molecular flexibility index (Phi) is 9.18. The highest BCUT2D eigenvalue weighted by molar-refractivity contribution is 6.99. The minimum absolute atomic E-state index is 0.0107. The number of nitrogens with one attached hydrogen (secondary N) is 1. The van der Waals surface area contributed by atoms with Crippen LogP contribution >= 0.6 is 0 Å². The summed E-state index contributed by atoms with van der Waals surface area (Å²) in [7, 11) is -2.90. The van der Waals surface area contributed by atoms with E-state index in [1.807, 2.05) is 36.4 Å². The van der Waals surface area contributed by atoms with Gasteiger partial charge in [-0.05, 0) is 33.6 Å². The maximum atomic E-state index is 15.9. The number of nitrogens with zero attached hydrogens (tertiary/aromatic N) is 1. The van der Waals surface area contributed by atoms with E-state index in [1.54, 1.807) is 0 Å². The molecule has 0 spiro atoms. The number of halogens is 5. The highest BCUT2D eigenvalue weighted by Gasteiger charge is 2.51. The van der Waals surface area contributed by atoms with Crippen LogP contribution in [0.1, 0.15) is 36.9 Å². The van der Waals surface area contributed by atoms with E-state index in [9.17, 15) is 18.0 Å². The zero-order valence-electron chi connectivity index (χ0n) is 26.8. The Morgan fingerprint density at radius 1 is 0.896 bits per heavy atom. The predicted molar refractivity (Wildman–Crippen MR) is 174 cm³/mol. The second-order valence-electron chi connectivity index (χ2n) is 13.2. The van der Waals surface area contributed by atoms with Crippen LogP contribution in [0.25, 0.3) is 11.0 Å². The van der Waals surface area contributed by atoms with Crippen molar-refractivity contribution in [2.75, 3.05) is 44.4 Å². The molecular formula is C35H37F5N2O5Si. The zero-order chi connectivity index (χ0) is 34.3. The average molecular weight is 689 g/mol. The SMILES string of the molecule is CC(C)(C)[Si](OCC1COC(C(F)(F)CN2CCNC(=O)c3oc4ccc(C(F)(F)F)cc4c32)CO1)(c1ccccc1)c1ccccc1. The Balaban J connectivity index is 1.19. The number of hydrogen-bond acceptors (Lipinski definition) is 6. The first-order valence-electron chi connectivity index (χ1n) is 15.7. The van der Waals surface area contributed by atoms with Crippen LogP contribution in [0.4, 0.5) is 27.6 Å². The van der Waals surface area contributed by atoms with Gasteiger partial charge in [-0.1, -0.05) is 81.4 Å². The summed E-state index contributed by atoms with van der Waals surface area (Å²) in [5.74, 6) is -4.51. The van der Waals surface area contributed by atoms with E-state index in [-0.39, 0.29) is 53.8 Å². The van der Waals surface area contributed by atoms with Crippen LogP contribution in [-0.2, 0) is 20.1 Å². The molecule has 3 aromatic carbocycles. The third-order valence-corrected chi connectivity index (χ3v) is 13.9. The lowest BCUT2D eigenvalue weighted by Crippen LogP contribution is -2.67. The number of ether oxygens (including phenoxy) is 2. The fourth-order valence-electron chi connectivity index (χ4n) is 6.60. The molecule has 6 rings (SSSR count). The van der Waals surface area contributed by atoms with Crippen molar-refractivity contribution in [2.45, 2.75) is 50.1 Å². The fourth-order valence-corrected chi connectivity index (χ4v) is 11.2. The summed E-state index contributed by atoms with van der Waals surface area (Å²) in [6, 6.07) is 22.8. The molecule has 0 radical (unpaired) electrons. The lowest BCUT2D eigenvalue weighted by Gasteiger charge is -2.44. The van der Waals surface area contributed by atoms with E-state index in [1.165, 1.54) is 4.90 Å². The molecule has 256 valence electrons. The quantitative estimate of drug-likeness (QED) is 0.181. The van der Waals surface area contributed by atoms with Gasteiger partial charge in [0.25, 0.3) is 20.1 Å². The molecule has 1 N–H and O–H groups in total. The molecule has 1 amide bonds. The van der Waals surface area contributed by atoms with E-state index >= 15 is 8.78 Å². The van der Waals surface area contributed by atoms with Crippen LogP contribution in [0.5, 0.6) is 0 Å². The second kappa shape index (κ2) is 12.9. The summed E-state index contributed by atoms with van der Waals surface area (Å²) in [5.41, 5.74) is -1.11. The van der Waals surface area contributed by atoms with Gasteiger partial charge in [0.15, 0.2) is 0 Å². The molecule has 13 heteroatoms. The number of hydrogen-bond donors (Lipinski definition) is 1. The normalized spacial score (nSPS) is 19.6. The molecule has 0 bridgehead atoms. The molecular weight excluding hydrogens is 651 g/mol. The molecule has 0 saturated carbocycles. The number of benzene rings is 3. The van der Waals surface area contributed by atoms with Crippen molar-refractivity contribution in [1.29, 1.82) is 0 Å². The van der Waals surface area contributed by atoms with Crippen molar-refractivity contribution in [1.82, 2.24) is 5.32 Å². The van der Waals surface area contributed by atoms with E-state index < -0.39 is 57.2 Å². The first-order valence-corrected chi connectivity index (χ1v) is 17.6. The number of furan rings is 1. The summed E-state index contributed by atoms with van der Waals surface area (Å²) >= 11 is 0. The largest absolute Gasteiger partial charge is 0.449 e. The third kappa shape index (κ3) is 6.48. The van der Waals surface area contributed by atoms with E-state index in [0.717, 1.165) is 28.6 Å². The van der Waals surface area contributed by atoms with Gasteiger partial charge in [-0.3, -0.25) is 4.79 Å². The molecule has 1 fully saturated rings. The minimum Gasteiger partial charge on any atom is -0.449 e. The average Bonchev–Trinajstić information content (AvgIpc) is 3.37. The molecule has 2 unspecified atom stereocenters. The van der Waals surface area contributed by atoms with Gasteiger partial charge in [0.2, 0.25) is 5.76 Å². The summed E-state index contributed by atoms with van der Waals surface area (Å²) < 4.78 is 96.5. The van der Waals surface area contributed by atoms with E-state index in [4.69, 9.17) is 18.3 Å². The van der Waals surface area contributed by atoms with E-state index in [2.05, 4.69) is 50.4 Å². The van der Waals surface area contributed by atoms with Crippen LogP contribution in [0, 0.1) is 0 Å². The molecule has 2 aliphatic rings.